The lowest BCUT2D eigenvalue weighted by Gasteiger charge is -2.10. The van der Waals surface area contributed by atoms with E-state index in [2.05, 4.69) is 11.7 Å². The van der Waals surface area contributed by atoms with Crippen molar-refractivity contribution in [3.63, 3.8) is 0 Å². The summed E-state index contributed by atoms with van der Waals surface area (Å²) in [6.45, 7) is 1.79. The second-order valence-electron chi connectivity index (χ2n) is 4.37. The molecule has 5 heteroatoms. The molecule has 0 aromatic rings. The van der Waals surface area contributed by atoms with E-state index in [-0.39, 0.29) is 19.6 Å². The number of ether oxygens (including phenoxy) is 1. The topological polar surface area (TPSA) is 83.8 Å². The van der Waals surface area contributed by atoms with E-state index in [9.17, 15) is 9.59 Å². The molecule has 1 atom stereocenters. The van der Waals surface area contributed by atoms with Crippen LogP contribution in [0.3, 0.4) is 0 Å². The van der Waals surface area contributed by atoms with Crippen LogP contribution in [-0.4, -0.2) is 35.4 Å². The van der Waals surface area contributed by atoms with E-state index < -0.39 is 17.9 Å². The van der Waals surface area contributed by atoms with Crippen molar-refractivity contribution in [2.24, 2.45) is 5.92 Å². The lowest BCUT2D eigenvalue weighted by Crippen LogP contribution is -2.20. The van der Waals surface area contributed by atoms with Crippen LogP contribution in [0.5, 0.6) is 0 Å². The molecule has 110 valence electrons. The molecule has 0 fully saturated rings. The molecule has 0 aromatic heterocycles. The molecule has 0 aliphatic carbocycles. The van der Waals surface area contributed by atoms with Crippen molar-refractivity contribution in [3.05, 3.63) is 12.2 Å². The minimum absolute atomic E-state index is 0.0813. The van der Waals surface area contributed by atoms with Crippen molar-refractivity contribution in [3.8, 4) is 0 Å². The standard InChI is InChI=1S/C14H24O5/c1-2-3-4-5-6-7-8-12(14(17)18)11-13(16)19-10-9-15/h5-6,12,15H,2-4,7-11H2,1H3,(H,17,18)/b6-5+. The smallest absolute Gasteiger partial charge is 0.307 e. The number of carboxylic acids is 1. The molecule has 2 N–H and O–H groups in total. The molecule has 0 aliphatic rings. The number of rotatable bonds is 11. The molecular weight excluding hydrogens is 248 g/mol. The number of carbonyl (C=O) groups is 2. The minimum Gasteiger partial charge on any atom is -0.481 e. The van der Waals surface area contributed by atoms with E-state index in [0.717, 1.165) is 19.3 Å². The predicted molar refractivity (Wildman–Crippen MR) is 71.7 cm³/mol. The molecule has 5 nitrogen and oxygen atoms in total. The van der Waals surface area contributed by atoms with E-state index >= 15 is 0 Å². The van der Waals surface area contributed by atoms with Crippen LogP contribution < -0.4 is 0 Å². The van der Waals surface area contributed by atoms with Gasteiger partial charge in [-0.25, -0.2) is 0 Å². The Labute approximate surface area is 114 Å². The van der Waals surface area contributed by atoms with Crippen LogP contribution >= 0.6 is 0 Å². The van der Waals surface area contributed by atoms with Gasteiger partial charge < -0.3 is 14.9 Å². The van der Waals surface area contributed by atoms with E-state index in [4.69, 9.17) is 10.2 Å². The normalized spacial score (nSPS) is 12.5. The summed E-state index contributed by atoms with van der Waals surface area (Å²) in [5.74, 6) is -2.28. The summed E-state index contributed by atoms with van der Waals surface area (Å²) in [5.41, 5.74) is 0. The number of aliphatic carboxylic acids is 1. The third-order valence-electron chi connectivity index (χ3n) is 2.69. The first kappa shape index (κ1) is 17.6. The van der Waals surface area contributed by atoms with Crippen LogP contribution in [0, 0.1) is 5.92 Å². The van der Waals surface area contributed by atoms with Gasteiger partial charge in [-0.05, 0) is 19.3 Å². The average molecular weight is 272 g/mol. The largest absolute Gasteiger partial charge is 0.481 e. The fraction of sp³-hybridized carbons (Fsp3) is 0.714. The highest BCUT2D eigenvalue weighted by Gasteiger charge is 2.21. The summed E-state index contributed by atoms with van der Waals surface area (Å²) >= 11 is 0. The maximum absolute atomic E-state index is 11.3. The number of aliphatic hydroxyl groups excluding tert-OH is 1. The van der Waals surface area contributed by atoms with Gasteiger partial charge in [0.2, 0.25) is 0 Å². The molecule has 0 aliphatic heterocycles. The van der Waals surface area contributed by atoms with Gasteiger partial charge in [-0.15, -0.1) is 0 Å². The highest BCUT2D eigenvalue weighted by Crippen LogP contribution is 2.13. The summed E-state index contributed by atoms with van der Waals surface area (Å²) in [6, 6.07) is 0. The summed E-state index contributed by atoms with van der Waals surface area (Å²) in [4.78, 5) is 22.3. The van der Waals surface area contributed by atoms with Gasteiger partial charge in [0.1, 0.15) is 6.61 Å². The zero-order valence-corrected chi connectivity index (χ0v) is 11.5. The zero-order valence-electron chi connectivity index (χ0n) is 11.5. The van der Waals surface area contributed by atoms with Gasteiger partial charge in [0.25, 0.3) is 0 Å². The van der Waals surface area contributed by atoms with Gasteiger partial charge >= 0.3 is 11.9 Å². The van der Waals surface area contributed by atoms with Gasteiger partial charge in [-0.2, -0.15) is 0 Å². The van der Waals surface area contributed by atoms with Gasteiger partial charge in [-0.1, -0.05) is 31.9 Å². The van der Waals surface area contributed by atoms with E-state index in [1.54, 1.807) is 0 Å². The van der Waals surface area contributed by atoms with Crippen molar-refractivity contribution in [1.29, 1.82) is 0 Å². The zero-order chi connectivity index (χ0) is 14.5. The van der Waals surface area contributed by atoms with Crippen LogP contribution in [-0.2, 0) is 14.3 Å². The van der Waals surface area contributed by atoms with Crippen LogP contribution in [0.4, 0.5) is 0 Å². The van der Waals surface area contributed by atoms with Gasteiger partial charge in [0.05, 0.1) is 18.9 Å². The number of hydrogen-bond donors (Lipinski definition) is 2. The first-order valence-electron chi connectivity index (χ1n) is 6.76. The summed E-state index contributed by atoms with van der Waals surface area (Å²) in [7, 11) is 0. The fourth-order valence-electron chi connectivity index (χ4n) is 1.59. The quantitative estimate of drug-likeness (QED) is 0.342. The molecule has 19 heavy (non-hydrogen) atoms. The molecule has 0 heterocycles. The summed E-state index contributed by atoms with van der Waals surface area (Å²) < 4.78 is 4.66. The molecule has 0 aromatic carbocycles. The Balaban J connectivity index is 3.95. The first-order valence-corrected chi connectivity index (χ1v) is 6.76. The summed E-state index contributed by atoms with van der Waals surface area (Å²) in [5, 5.41) is 17.5. The third-order valence-corrected chi connectivity index (χ3v) is 2.69. The highest BCUT2D eigenvalue weighted by atomic mass is 16.5. The van der Waals surface area contributed by atoms with Crippen LogP contribution in [0.1, 0.15) is 45.4 Å². The number of aliphatic hydroxyl groups is 1. The van der Waals surface area contributed by atoms with Crippen LogP contribution in [0.25, 0.3) is 0 Å². The van der Waals surface area contributed by atoms with Gasteiger partial charge in [0, 0.05) is 0 Å². The number of carbonyl (C=O) groups excluding carboxylic acids is 1. The van der Waals surface area contributed by atoms with Crippen molar-refractivity contribution >= 4 is 11.9 Å². The van der Waals surface area contributed by atoms with Gasteiger partial charge in [-0.3, -0.25) is 9.59 Å². The first-order chi connectivity index (χ1) is 9.11. The minimum atomic E-state index is -0.983. The van der Waals surface area contributed by atoms with Crippen molar-refractivity contribution in [2.45, 2.75) is 45.4 Å². The molecule has 0 amide bonds. The van der Waals surface area contributed by atoms with Crippen molar-refractivity contribution in [1.82, 2.24) is 0 Å². The molecule has 0 spiro atoms. The molecular formula is C14H24O5. The number of unbranched alkanes of at least 4 members (excludes halogenated alkanes) is 2. The van der Waals surface area contributed by atoms with Crippen LogP contribution in [0.15, 0.2) is 12.2 Å². The van der Waals surface area contributed by atoms with Crippen molar-refractivity contribution < 1.29 is 24.5 Å². The Hall–Kier alpha value is -1.36. The third kappa shape index (κ3) is 10.3. The predicted octanol–water partition coefficient (Wildman–Crippen LogP) is 2.14. The van der Waals surface area contributed by atoms with E-state index in [1.165, 1.54) is 0 Å². The van der Waals surface area contributed by atoms with E-state index in [0.29, 0.717) is 12.8 Å². The lowest BCUT2D eigenvalue weighted by atomic mass is 9.99. The van der Waals surface area contributed by atoms with E-state index in [1.807, 2.05) is 12.2 Å². The van der Waals surface area contributed by atoms with Gasteiger partial charge in [0.15, 0.2) is 0 Å². The van der Waals surface area contributed by atoms with Crippen molar-refractivity contribution in [2.75, 3.05) is 13.2 Å². The highest BCUT2D eigenvalue weighted by molar-refractivity contribution is 5.78. The number of esters is 1. The lowest BCUT2D eigenvalue weighted by molar-refractivity contribution is -0.152. The maximum Gasteiger partial charge on any atom is 0.307 e. The molecule has 0 radical (unpaired) electrons. The average Bonchev–Trinajstić information content (AvgIpc) is 2.38. The van der Waals surface area contributed by atoms with Crippen LogP contribution in [0.2, 0.25) is 0 Å². The number of carboxylic acid groups (broad SMARTS) is 1. The Morgan fingerprint density at radius 2 is 1.95 bits per heavy atom. The monoisotopic (exact) mass is 272 g/mol. The Kier molecular flexibility index (Phi) is 10.9. The second kappa shape index (κ2) is 11.7. The number of allylic oxidation sites excluding steroid dienone is 2. The second-order valence-corrected chi connectivity index (χ2v) is 4.37. The maximum atomic E-state index is 11.3. The molecule has 0 saturated carbocycles. The fourth-order valence-corrected chi connectivity index (χ4v) is 1.59. The SMILES string of the molecule is CCCC/C=C/CCC(CC(=O)OCCO)C(=O)O. The summed E-state index contributed by atoms with van der Waals surface area (Å²) in [6.07, 6.45) is 8.22. The molecule has 1 unspecified atom stereocenters. The molecule has 0 bridgehead atoms. The Morgan fingerprint density at radius 3 is 2.53 bits per heavy atom. The molecule has 0 rings (SSSR count). The molecule has 0 saturated heterocycles. The Morgan fingerprint density at radius 1 is 1.26 bits per heavy atom. The Bertz CT molecular complexity index is 286. The number of hydrogen-bond acceptors (Lipinski definition) is 4.